The lowest BCUT2D eigenvalue weighted by Gasteiger charge is -2.33. The van der Waals surface area contributed by atoms with Gasteiger partial charge < -0.3 is 9.64 Å². The zero-order valence-corrected chi connectivity index (χ0v) is 9.76. The third-order valence-electron chi connectivity index (χ3n) is 3.78. The second kappa shape index (κ2) is 3.63. The van der Waals surface area contributed by atoms with Crippen LogP contribution in [0.1, 0.15) is 6.42 Å². The number of nitrogens with zero attached hydrogens (tertiary/aromatic N) is 3. The summed E-state index contributed by atoms with van der Waals surface area (Å²) in [7, 11) is 3.86. The molecular formula is C12H17N3O. The van der Waals surface area contributed by atoms with Crippen LogP contribution in [0.2, 0.25) is 0 Å². The highest BCUT2D eigenvalue weighted by Gasteiger charge is 2.41. The SMILES string of the molecule is COc1ccc(N2CC3CC2CN3C)cn1. The number of ether oxygens (including phenoxy) is 1. The first-order chi connectivity index (χ1) is 7.78. The molecule has 2 atom stereocenters. The lowest BCUT2D eigenvalue weighted by molar-refractivity contribution is 0.292. The van der Waals surface area contributed by atoms with Crippen LogP contribution in [0.15, 0.2) is 18.3 Å². The molecule has 16 heavy (non-hydrogen) atoms. The number of aromatic nitrogens is 1. The molecule has 2 fully saturated rings. The minimum absolute atomic E-state index is 0.671. The van der Waals surface area contributed by atoms with E-state index in [0.717, 1.165) is 12.6 Å². The van der Waals surface area contributed by atoms with Gasteiger partial charge in [0.05, 0.1) is 19.0 Å². The number of fused-ring (bicyclic) bond motifs is 2. The van der Waals surface area contributed by atoms with Crippen molar-refractivity contribution in [2.45, 2.75) is 18.5 Å². The number of likely N-dealkylation sites (N-methyl/N-ethyl adjacent to an activating group) is 1. The van der Waals surface area contributed by atoms with E-state index in [-0.39, 0.29) is 0 Å². The molecule has 3 rings (SSSR count). The fourth-order valence-electron chi connectivity index (χ4n) is 2.85. The van der Waals surface area contributed by atoms with E-state index in [1.807, 2.05) is 12.3 Å². The minimum atomic E-state index is 0.671. The van der Waals surface area contributed by atoms with Gasteiger partial charge >= 0.3 is 0 Å². The number of hydrogen-bond acceptors (Lipinski definition) is 4. The summed E-state index contributed by atoms with van der Waals surface area (Å²) in [5.41, 5.74) is 1.22. The van der Waals surface area contributed by atoms with Gasteiger partial charge in [0.25, 0.3) is 0 Å². The van der Waals surface area contributed by atoms with Crippen molar-refractivity contribution in [2.24, 2.45) is 0 Å². The van der Waals surface area contributed by atoms with E-state index in [9.17, 15) is 0 Å². The number of hydrogen-bond donors (Lipinski definition) is 0. The lowest BCUT2D eigenvalue weighted by Crippen LogP contribution is -2.44. The van der Waals surface area contributed by atoms with Crippen LogP contribution in [-0.4, -0.2) is 49.2 Å². The average molecular weight is 219 g/mol. The number of methoxy groups -OCH3 is 1. The molecule has 0 N–H and O–H groups in total. The van der Waals surface area contributed by atoms with Gasteiger partial charge in [-0.25, -0.2) is 4.98 Å². The molecule has 4 nitrogen and oxygen atoms in total. The number of likely N-dealkylation sites (tertiary alicyclic amines) is 1. The van der Waals surface area contributed by atoms with Gasteiger partial charge in [0, 0.05) is 31.2 Å². The van der Waals surface area contributed by atoms with E-state index in [1.165, 1.54) is 18.7 Å². The van der Waals surface area contributed by atoms with Crippen LogP contribution in [0, 0.1) is 0 Å². The quantitative estimate of drug-likeness (QED) is 0.741. The normalized spacial score (nSPS) is 28.8. The standard InChI is InChI=1S/C12H17N3O/c1-14-7-11-5-10(14)8-15(11)9-3-4-12(16-2)13-6-9/h3-4,6,10-11H,5,7-8H2,1-2H3. The summed E-state index contributed by atoms with van der Waals surface area (Å²) in [6.45, 7) is 2.31. The van der Waals surface area contributed by atoms with Crippen molar-refractivity contribution in [1.82, 2.24) is 9.88 Å². The molecule has 2 aliphatic heterocycles. The Morgan fingerprint density at radius 1 is 1.31 bits per heavy atom. The van der Waals surface area contributed by atoms with Crippen LogP contribution in [-0.2, 0) is 0 Å². The highest BCUT2D eigenvalue weighted by molar-refractivity contribution is 5.49. The van der Waals surface area contributed by atoms with Gasteiger partial charge in [-0.3, -0.25) is 4.90 Å². The van der Waals surface area contributed by atoms with Crippen LogP contribution in [0.25, 0.3) is 0 Å². The van der Waals surface area contributed by atoms with E-state index in [2.05, 4.69) is 27.9 Å². The first-order valence-electron chi connectivity index (χ1n) is 5.75. The molecule has 0 radical (unpaired) electrons. The Balaban J connectivity index is 1.79. The molecule has 1 aromatic heterocycles. The number of piperazine rings is 1. The Labute approximate surface area is 95.8 Å². The predicted octanol–water partition coefficient (Wildman–Crippen LogP) is 0.983. The summed E-state index contributed by atoms with van der Waals surface area (Å²) in [5, 5.41) is 0. The summed E-state index contributed by atoms with van der Waals surface area (Å²) in [4.78, 5) is 9.19. The summed E-state index contributed by atoms with van der Waals surface area (Å²) < 4.78 is 5.07. The maximum Gasteiger partial charge on any atom is 0.213 e. The number of rotatable bonds is 2. The van der Waals surface area contributed by atoms with Gasteiger partial charge in [0.2, 0.25) is 5.88 Å². The van der Waals surface area contributed by atoms with Gasteiger partial charge in [-0.15, -0.1) is 0 Å². The highest BCUT2D eigenvalue weighted by Crippen LogP contribution is 2.33. The molecule has 2 aliphatic rings. The van der Waals surface area contributed by atoms with E-state index in [4.69, 9.17) is 4.74 Å². The fraction of sp³-hybridized carbons (Fsp3) is 0.583. The molecule has 0 aliphatic carbocycles. The van der Waals surface area contributed by atoms with Gasteiger partial charge in [-0.05, 0) is 19.5 Å². The second-order valence-electron chi connectivity index (χ2n) is 4.69. The second-order valence-corrected chi connectivity index (χ2v) is 4.69. The highest BCUT2D eigenvalue weighted by atomic mass is 16.5. The first kappa shape index (κ1) is 9.90. The summed E-state index contributed by atoms with van der Waals surface area (Å²) >= 11 is 0. The zero-order chi connectivity index (χ0) is 11.1. The van der Waals surface area contributed by atoms with Crippen LogP contribution in [0.3, 0.4) is 0 Å². The minimum Gasteiger partial charge on any atom is -0.481 e. The average Bonchev–Trinajstić information content (AvgIpc) is 2.88. The Bertz CT molecular complexity index is 376. The van der Waals surface area contributed by atoms with Gasteiger partial charge in [0.15, 0.2) is 0 Å². The topological polar surface area (TPSA) is 28.6 Å². The van der Waals surface area contributed by atoms with Gasteiger partial charge in [0.1, 0.15) is 0 Å². The molecule has 2 saturated heterocycles. The monoisotopic (exact) mass is 219 g/mol. The molecule has 0 spiro atoms. The molecule has 2 unspecified atom stereocenters. The van der Waals surface area contributed by atoms with E-state index >= 15 is 0 Å². The molecule has 0 saturated carbocycles. The lowest BCUT2D eigenvalue weighted by atomic mass is 10.2. The van der Waals surface area contributed by atoms with E-state index in [1.54, 1.807) is 7.11 Å². The largest absolute Gasteiger partial charge is 0.481 e. The molecule has 1 aromatic rings. The van der Waals surface area contributed by atoms with Crippen molar-refractivity contribution in [2.75, 3.05) is 32.1 Å². The van der Waals surface area contributed by atoms with E-state index in [0.29, 0.717) is 11.9 Å². The van der Waals surface area contributed by atoms with Crippen LogP contribution < -0.4 is 9.64 Å². The molecule has 4 heteroatoms. The van der Waals surface area contributed by atoms with Crippen molar-refractivity contribution in [3.63, 3.8) is 0 Å². The van der Waals surface area contributed by atoms with E-state index < -0.39 is 0 Å². The number of anilines is 1. The summed E-state index contributed by atoms with van der Waals surface area (Å²) in [6, 6.07) is 5.44. The summed E-state index contributed by atoms with van der Waals surface area (Å²) in [5.74, 6) is 0.685. The number of pyridine rings is 1. The summed E-state index contributed by atoms with van der Waals surface area (Å²) in [6.07, 6.45) is 3.21. The smallest absolute Gasteiger partial charge is 0.213 e. The predicted molar refractivity (Wildman–Crippen MR) is 63.0 cm³/mol. The molecule has 3 heterocycles. The Morgan fingerprint density at radius 2 is 2.19 bits per heavy atom. The first-order valence-corrected chi connectivity index (χ1v) is 5.75. The van der Waals surface area contributed by atoms with Crippen molar-refractivity contribution < 1.29 is 4.74 Å². The molecule has 0 aromatic carbocycles. The van der Waals surface area contributed by atoms with Crippen molar-refractivity contribution >= 4 is 5.69 Å². The van der Waals surface area contributed by atoms with Gasteiger partial charge in [-0.1, -0.05) is 0 Å². The van der Waals surface area contributed by atoms with Crippen molar-refractivity contribution in [3.8, 4) is 5.88 Å². The van der Waals surface area contributed by atoms with Crippen LogP contribution in [0.5, 0.6) is 5.88 Å². The zero-order valence-electron chi connectivity index (χ0n) is 9.76. The Hall–Kier alpha value is -1.29. The fourth-order valence-corrected chi connectivity index (χ4v) is 2.85. The Morgan fingerprint density at radius 3 is 2.69 bits per heavy atom. The maximum absolute atomic E-state index is 5.07. The molecule has 0 amide bonds. The molecule has 2 bridgehead atoms. The molecular weight excluding hydrogens is 202 g/mol. The van der Waals surface area contributed by atoms with Crippen LogP contribution >= 0.6 is 0 Å². The van der Waals surface area contributed by atoms with Crippen molar-refractivity contribution in [1.29, 1.82) is 0 Å². The maximum atomic E-state index is 5.07. The van der Waals surface area contributed by atoms with Gasteiger partial charge in [-0.2, -0.15) is 0 Å². The Kier molecular flexibility index (Phi) is 2.24. The molecule has 86 valence electrons. The third kappa shape index (κ3) is 1.45. The van der Waals surface area contributed by atoms with Crippen molar-refractivity contribution in [3.05, 3.63) is 18.3 Å². The van der Waals surface area contributed by atoms with Crippen LogP contribution in [0.4, 0.5) is 5.69 Å². The third-order valence-corrected chi connectivity index (χ3v) is 3.78.